The van der Waals surface area contributed by atoms with E-state index < -0.39 is 10.1 Å². The fourth-order valence-corrected chi connectivity index (χ4v) is 1.89. The summed E-state index contributed by atoms with van der Waals surface area (Å²) in [5.41, 5.74) is 0. The van der Waals surface area contributed by atoms with Gasteiger partial charge in [0.05, 0.1) is 32.9 Å². The molecule has 0 aromatic rings. The maximum absolute atomic E-state index is 10.4. The Balaban J connectivity index is 0. The second kappa shape index (κ2) is 6.34. The van der Waals surface area contributed by atoms with E-state index in [9.17, 15) is 8.42 Å². The van der Waals surface area contributed by atoms with Crippen LogP contribution in [0, 0.1) is 0 Å². The molecule has 0 amide bonds. The average Bonchev–Trinajstić information content (AvgIpc) is 1.82. The predicted octanol–water partition coefficient (Wildman–Crippen LogP) is 0.574. The van der Waals surface area contributed by atoms with Crippen molar-refractivity contribution in [3.05, 3.63) is 0 Å². The van der Waals surface area contributed by atoms with Crippen molar-refractivity contribution in [3.8, 4) is 0 Å². The summed E-state index contributed by atoms with van der Waals surface area (Å²) < 4.78 is 30.2. The Kier molecular flexibility index (Phi) is 7.37. The van der Waals surface area contributed by atoms with Gasteiger partial charge in [-0.3, -0.25) is 4.55 Å². The van der Waals surface area contributed by atoms with Crippen LogP contribution in [0.25, 0.3) is 0 Å². The van der Waals surface area contributed by atoms with Crippen molar-refractivity contribution in [2.24, 2.45) is 0 Å². The van der Waals surface area contributed by atoms with E-state index >= 15 is 0 Å². The molecule has 2 N–H and O–H groups in total. The van der Waals surface area contributed by atoms with Crippen molar-refractivity contribution in [3.63, 3.8) is 0 Å². The Morgan fingerprint density at radius 3 is 2.07 bits per heavy atom. The Morgan fingerprint density at radius 2 is 1.71 bits per heavy atom. The first kappa shape index (κ1) is 16.3. The zero-order valence-corrected chi connectivity index (χ0v) is 9.92. The molecule has 0 saturated heterocycles. The lowest BCUT2D eigenvalue weighted by atomic mass is 10.3. The van der Waals surface area contributed by atoms with Gasteiger partial charge >= 0.3 is 0 Å². The van der Waals surface area contributed by atoms with E-state index in [1.165, 1.54) is 0 Å². The standard InChI is InChI=1S/C8H19NO3S.H2O/c1-4-6-9(2,3)7-5-8-13(10,11)12;/h4-8H2,1-3H3;1H2. The minimum atomic E-state index is -3.77. The lowest BCUT2D eigenvalue weighted by Crippen LogP contribution is -2.41. The number of quaternary nitrogens is 1. The summed E-state index contributed by atoms with van der Waals surface area (Å²) >= 11 is 0. The van der Waals surface area contributed by atoms with Gasteiger partial charge in [-0.25, -0.2) is 0 Å². The maximum atomic E-state index is 10.4. The first-order chi connectivity index (χ1) is 5.77. The molecular weight excluding hydrogens is 206 g/mol. The van der Waals surface area contributed by atoms with E-state index in [4.69, 9.17) is 4.55 Å². The van der Waals surface area contributed by atoms with Gasteiger partial charge in [0.25, 0.3) is 10.1 Å². The molecule has 0 atom stereocenters. The van der Waals surface area contributed by atoms with Crippen LogP contribution in [0.4, 0.5) is 0 Å². The van der Waals surface area contributed by atoms with E-state index in [2.05, 4.69) is 21.0 Å². The Hall–Kier alpha value is -0.170. The largest absolute Gasteiger partial charge is 0.870 e. The minimum absolute atomic E-state index is 0. The molecular formula is C8H21NO4S. The van der Waals surface area contributed by atoms with Crippen LogP contribution in [-0.4, -0.2) is 55.9 Å². The summed E-state index contributed by atoms with van der Waals surface area (Å²) in [5.74, 6) is -0.127. The predicted molar refractivity (Wildman–Crippen MR) is 55.1 cm³/mol. The Labute approximate surface area is 86.4 Å². The van der Waals surface area contributed by atoms with E-state index in [0.29, 0.717) is 6.42 Å². The molecule has 0 aliphatic rings. The molecule has 0 aliphatic heterocycles. The summed E-state index contributed by atoms with van der Waals surface area (Å²) in [4.78, 5) is 0. The fourth-order valence-electron chi connectivity index (χ4n) is 1.39. The average molecular weight is 227 g/mol. The SMILES string of the molecule is CCC[N+](C)(C)CCCS(=O)(=O)O.[OH-]. The van der Waals surface area contributed by atoms with Crippen molar-refractivity contribution in [1.82, 2.24) is 0 Å². The van der Waals surface area contributed by atoms with Crippen LogP contribution in [0.2, 0.25) is 0 Å². The molecule has 0 unspecified atom stereocenters. The third kappa shape index (κ3) is 9.91. The van der Waals surface area contributed by atoms with Crippen LogP contribution < -0.4 is 0 Å². The van der Waals surface area contributed by atoms with Gasteiger partial charge in [0.15, 0.2) is 0 Å². The maximum Gasteiger partial charge on any atom is 0.265 e. The van der Waals surface area contributed by atoms with Gasteiger partial charge < -0.3 is 9.96 Å². The van der Waals surface area contributed by atoms with Crippen LogP contribution in [0.3, 0.4) is 0 Å². The van der Waals surface area contributed by atoms with Gasteiger partial charge in [-0.15, -0.1) is 0 Å². The topological polar surface area (TPSA) is 84.4 Å². The summed E-state index contributed by atoms with van der Waals surface area (Å²) in [7, 11) is 0.354. The molecule has 5 nitrogen and oxygen atoms in total. The molecule has 0 rings (SSSR count). The summed E-state index contributed by atoms with van der Waals surface area (Å²) in [6, 6.07) is 0. The molecule has 0 aromatic carbocycles. The minimum Gasteiger partial charge on any atom is -0.870 e. The van der Waals surface area contributed by atoms with Crippen LogP contribution in [0.5, 0.6) is 0 Å². The van der Waals surface area contributed by atoms with Gasteiger partial charge in [0.1, 0.15) is 0 Å². The molecule has 0 spiro atoms. The molecule has 0 aliphatic carbocycles. The van der Waals surface area contributed by atoms with Gasteiger partial charge in [-0.05, 0) is 6.42 Å². The van der Waals surface area contributed by atoms with E-state index in [1.807, 2.05) is 0 Å². The molecule has 0 radical (unpaired) electrons. The van der Waals surface area contributed by atoms with E-state index in [0.717, 1.165) is 24.0 Å². The summed E-state index contributed by atoms with van der Waals surface area (Å²) in [5, 5.41) is 0. The second-order valence-electron chi connectivity index (χ2n) is 4.02. The normalized spacial score (nSPS) is 12.3. The second-order valence-corrected chi connectivity index (χ2v) is 5.59. The zero-order chi connectivity index (χ0) is 10.5. The molecule has 0 fully saturated rings. The van der Waals surface area contributed by atoms with Crippen LogP contribution in [0.15, 0.2) is 0 Å². The molecule has 0 aromatic heterocycles. The van der Waals surface area contributed by atoms with Crippen molar-refractivity contribution in [2.75, 3.05) is 32.9 Å². The summed E-state index contributed by atoms with van der Waals surface area (Å²) in [6.45, 7) is 3.92. The fraction of sp³-hybridized carbons (Fsp3) is 1.00. The number of rotatable bonds is 6. The lowest BCUT2D eigenvalue weighted by molar-refractivity contribution is -0.890. The Morgan fingerprint density at radius 1 is 1.21 bits per heavy atom. The lowest BCUT2D eigenvalue weighted by Gasteiger charge is -2.29. The number of hydrogen-bond donors (Lipinski definition) is 1. The summed E-state index contributed by atoms with van der Waals surface area (Å²) in [6.07, 6.45) is 1.60. The van der Waals surface area contributed by atoms with E-state index in [1.54, 1.807) is 0 Å². The highest BCUT2D eigenvalue weighted by Gasteiger charge is 2.14. The molecule has 14 heavy (non-hydrogen) atoms. The molecule has 0 bridgehead atoms. The quantitative estimate of drug-likeness (QED) is 0.531. The third-order valence-electron chi connectivity index (χ3n) is 1.99. The van der Waals surface area contributed by atoms with Crippen molar-refractivity contribution < 1.29 is 22.9 Å². The van der Waals surface area contributed by atoms with Gasteiger partial charge in [0, 0.05) is 6.42 Å². The van der Waals surface area contributed by atoms with Gasteiger partial charge in [0.2, 0.25) is 0 Å². The van der Waals surface area contributed by atoms with Crippen molar-refractivity contribution in [1.29, 1.82) is 0 Å². The number of hydrogen-bond acceptors (Lipinski definition) is 3. The molecule has 0 heterocycles. The third-order valence-corrected chi connectivity index (χ3v) is 2.80. The molecule has 6 heteroatoms. The first-order valence-electron chi connectivity index (χ1n) is 4.54. The van der Waals surface area contributed by atoms with Crippen LogP contribution in [-0.2, 0) is 10.1 Å². The van der Waals surface area contributed by atoms with E-state index in [-0.39, 0.29) is 11.2 Å². The van der Waals surface area contributed by atoms with Gasteiger partial charge in [-0.2, -0.15) is 8.42 Å². The molecule has 0 saturated carbocycles. The zero-order valence-electron chi connectivity index (χ0n) is 9.10. The smallest absolute Gasteiger partial charge is 0.265 e. The van der Waals surface area contributed by atoms with Crippen molar-refractivity contribution in [2.45, 2.75) is 19.8 Å². The van der Waals surface area contributed by atoms with Crippen molar-refractivity contribution >= 4 is 10.1 Å². The van der Waals surface area contributed by atoms with Crippen LogP contribution >= 0.6 is 0 Å². The Bertz CT molecular complexity index is 236. The monoisotopic (exact) mass is 227 g/mol. The number of nitrogens with zero attached hydrogens (tertiary/aromatic N) is 1. The highest BCUT2D eigenvalue weighted by molar-refractivity contribution is 7.85. The van der Waals surface area contributed by atoms with Gasteiger partial charge in [-0.1, -0.05) is 6.92 Å². The van der Waals surface area contributed by atoms with Crippen LogP contribution in [0.1, 0.15) is 19.8 Å². The highest BCUT2D eigenvalue weighted by Crippen LogP contribution is 2.02. The molecule has 88 valence electrons. The first-order valence-corrected chi connectivity index (χ1v) is 6.15. The highest BCUT2D eigenvalue weighted by atomic mass is 32.2.